The molecule has 3 N–H and O–H groups in total. The van der Waals surface area contributed by atoms with Crippen LogP contribution in [0, 0.1) is 11.8 Å². The lowest BCUT2D eigenvalue weighted by molar-refractivity contribution is -0.137. The smallest absolute Gasteiger partial charge is 0.223 e. The summed E-state index contributed by atoms with van der Waals surface area (Å²) in [6.45, 7) is 5.77. The van der Waals surface area contributed by atoms with Crippen LogP contribution >= 0.6 is 0 Å². The number of carbonyl (C=O) groups is 1. The number of piperidine rings is 1. The molecule has 1 fully saturated rings. The van der Waals surface area contributed by atoms with Crippen molar-refractivity contribution in [2.75, 3.05) is 19.7 Å². The van der Waals surface area contributed by atoms with Crippen LogP contribution in [0.25, 0.3) is 0 Å². The van der Waals surface area contributed by atoms with Gasteiger partial charge in [0.2, 0.25) is 5.91 Å². The van der Waals surface area contributed by atoms with Crippen LogP contribution in [-0.2, 0) is 4.79 Å². The maximum Gasteiger partial charge on any atom is 0.223 e. The molecule has 1 heterocycles. The van der Waals surface area contributed by atoms with Gasteiger partial charge in [-0.3, -0.25) is 4.79 Å². The van der Waals surface area contributed by atoms with Crippen molar-refractivity contribution in [1.82, 2.24) is 4.90 Å². The van der Waals surface area contributed by atoms with Gasteiger partial charge in [0.15, 0.2) is 0 Å². The predicted molar refractivity (Wildman–Crippen MR) is 73.1 cm³/mol. The second-order valence-electron chi connectivity index (χ2n) is 5.85. The molecule has 1 unspecified atom stereocenters. The molecule has 0 aromatic rings. The van der Waals surface area contributed by atoms with Crippen LogP contribution < -0.4 is 5.73 Å². The lowest BCUT2D eigenvalue weighted by atomic mass is 9.92. The summed E-state index contributed by atoms with van der Waals surface area (Å²) in [5.74, 6) is 1.02. The van der Waals surface area contributed by atoms with E-state index in [1.54, 1.807) is 0 Å². The Bertz CT molecular complexity index is 256. The molecular weight excluding hydrogens is 228 g/mol. The van der Waals surface area contributed by atoms with Gasteiger partial charge in [-0.05, 0) is 44.1 Å². The Morgan fingerprint density at radius 1 is 1.44 bits per heavy atom. The minimum absolute atomic E-state index is 0.0312. The van der Waals surface area contributed by atoms with Crippen molar-refractivity contribution in [3.63, 3.8) is 0 Å². The highest BCUT2D eigenvalue weighted by Crippen LogP contribution is 2.21. The molecule has 1 saturated heterocycles. The standard InChI is InChI=1S/C14H28N2O2/c1-11(2)7-12(9-15)8-14(18)16-6-4-3-5-13(16)10-17/h11-13,17H,3-10,15H2,1-2H3/t12-,13?/m0/s1. The second kappa shape index (κ2) is 7.74. The van der Waals surface area contributed by atoms with Gasteiger partial charge in [-0.25, -0.2) is 0 Å². The molecule has 0 aliphatic carbocycles. The van der Waals surface area contributed by atoms with E-state index in [4.69, 9.17) is 5.73 Å². The molecule has 18 heavy (non-hydrogen) atoms. The van der Waals surface area contributed by atoms with E-state index in [1.807, 2.05) is 4.90 Å². The van der Waals surface area contributed by atoms with Crippen LogP contribution in [-0.4, -0.2) is 41.7 Å². The van der Waals surface area contributed by atoms with Gasteiger partial charge in [0.25, 0.3) is 0 Å². The van der Waals surface area contributed by atoms with Crippen molar-refractivity contribution < 1.29 is 9.90 Å². The van der Waals surface area contributed by atoms with E-state index in [0.29, 0.717) is 18.9 Å². The summed E-state index contributed by atoms with van der Waals surface area (Å²) >= 11 is 0. The average molecular weight is 256 g/mol. The van der Waals surface area contributed by atoms with E-state index in [9.17, 15) is 9.90 Å². The fourth-order valence-corrected chi connectivity index (χ4v) is 2.81. The van der Waals surface area contributed by atoms with Crippen LogP contribution in [0.5, 0.6) is 0 Å². The third kappa shape index (κ3) is 4.58. The molecule has 0 bridgehead atoms. The summed E-state index contributed by atoms with van der Waals surface area (Å²) in [6.07, 6.45) is 4.63. The van der Waals surface area contributed by atoms with Crippen molar-refractivity contribution in [3.05, 3.63) is 0 Å². The molecule has 1 aliphatic rings. The van der Waals surface area contributed by atoms with Gasteiger partial charge in [-0.1, -0.05) is 13.8 Å². The Labute approximate surface area is 111 Å². The Hall–Kier alpha value is -0.610. The first-order valence-corrected chi connectivity index (χ1v) is 7.18. The van der Waals surface area contributed by atoms with Crippen LogP contribution in [0.4, 0.5) is 0 Å². The highest BCUT2D eigenvalue weighted by molar-refractivity contribution is 5.77. The molecule has 0 aromatic heterocycles. The van der Waals surface area contributed by atoms with Gasteiger partial charge in [0.1, 0.15) is 0 Å². The van der Waals surface area contributed by atoms with Gasteiger partial charge in [0.05, 0.1) is 12.6 Å². The first-order valence-electron chi connectivity index (χ1n) is 7.18. The average Bonchev–Trinajstić information content (AvgIpc) is 2.37. The number of aliphatic hydroxyl groups excluding tert-OH is 1. The molecule has 106 valence electrons. The molecule has 0 spiro atoms. The molecule has 4 heteroatoms. The lowest BCUT2D eigenvalue weighted by Crippen LogP contribution is -2.46. The largest absolute Gasteiger partial charge is 0.394 e. The molecule has 4 nitrogen and oxygen atoms in total. The van der Waals surface area contributed by atoms with E-state index in [2.05, 4.69) is 13.8 Å². The number of nitrogens with zero attached hydrogens (tertiary/aromatic N) is 1. The fraction of sp³-hybridized carbons (Fsp3) is 0.929. The van der Waals surface area contributed by atoms with E-state index in [-0.39, 0.29) is 24.5 Å². The van der Waals surface area contributed by atoms with E-state index in [0.717, 1.165) is 32.2 Å². The Balaban J connectivity index is 2.51. The van der Waals surface area contributed by atoms with Crippen molar-refractivity contribution in [3.8, 4) is 0 Å². The Morgan fingerprint density at radius 3 is 2.72 bits per heavy atom. The van der Waals surface area contributed by atoms with Gasteiger partial charge in [-0.2, -0.15) is 0 Å². The predicted octanol–water partition coefficient (Wildman–Crippen LogP) is 1.37. The fourth-order valence-electron chi connectivity index (χ4n) is 2.81. The van der Waals surface area contributed by atoms with Gasteiger partial charge in [-0.15, -0.1) is 0 Å². The summed E-state index contributed by atoms with van der Waals surface area (Å²) in [7, 11) is 0. The van der Waals surface area contributed by atoms with Gasteiger partial charge < -0.3 is 15.7 Å². The van der Waals surface area contributed by atoms with E-state index >= 15 is 0 Å². The number of amides is 1. The third-order valence-electron chi connectivity index (χ3n) is 3.76. The second-order valence-corrected chi connectivity index (χ2v) is 5.85. The van der Waals surface area contributed by atoms with E-state index < -0.39 is 0 Å². The van der Waals surface area contributed by atoms with Crippen molar-refractivity contribution in [2.24, 2.45) is 17.6 Å². The first-order chi connectivity index (χ1) is 8.58. The Morgan fingerprint density at radius 2 is 2.17 bits per heavy atom. The molecule has 0 radical (unpaired) electrons. The molecule has 1 aliphatic heterocycles. The van der Waals surface area contributed by atoms with Gasteiger partial charge >= 0.3 is 0 Å². The number of carbonyl (C=O) groups excluding carboxylic acids is 1. The highest BCUT2D eigenvalue weighted by atomic mass is 16.3. The van der Waals surface area contributed by atoms with Crippen LogP contribution in [0.15, 0.2) is 0 Å². The van der Waals surface area contributed by atoms with Crippen molar-refractivity contribution >= 4 is 5.91 Å². The maximum atomic E-state index is 12.3. The quantitative estimate of drug-likeness (QED) is 0.754. The first kappa shape index (κ1) is 15.4. The highest BCUT2D eigenvalue weighted by Gasteiger charge is 2.27. The molecule has 2 atom stereocenters. The zero-order chi connectivity index (χ0) is 13.5. The Kier molecular flexibility index (Phi) is 6.65. The summed E-state index contributed by atoms with van der Waals surface area (Å²) < 4.78 is 0. The topological polar surface area (TPSA) is 66.6 Å². The monoisotopic (exact) mass is 256 g/mol. The summed E-state index contributed by atoms with van der Waals surface area (Å²) in [5, 5.41) is 9.33. The summed E-state index contributed by atoms with van der Waals surface area (Å²) in [6, 6.07) is 0.0312. The molecule has 0 aromatic carbocycles. The minimum atomic E-state index is 0.0312. The van der Waals surface area contributed by atoms with Crippen LogP contribution in [0.3, 0.4) is 0 Å². The molecular formula is C14H28N2O2. The summed E-state index contributed by atoms with van der Waals surface area (Å²) in [5.41, 5.74) is 5.75. The zero-order valence-electron chi connectivity index (χ0n) is 11.8. The van der Waals surface area contributed by atoms with Gasteiger partial charge in [0, 0.05) is 13.0 Å². The number of nitrogens with two attached hydrogens (primary N) is 1. The molecule has 1 amide bonds. The zero-order valence-corrected chi connectivity index (χ0v) is 11.8. The number of aliphatic hydroxyl groups is 1. The van der Waals surface area contributed by atoms with Crippen LogP contribution in [0.1, 0.15) is 46.0 Å². The SMILES string of the molecule is CC(C)C[C@H](CN)CC(=O)N1CCCCC1CO. The number of likely N-dealkylation sites (tertiary alicyclic amines) is 1. The minimum Gasteiger partial charge on any atom is -0.394 e. The maximum absolute atomic E-state index is 12.3. The van der Waals surface area contributed by atoms with Crippen molar-refractivity contribution in [2.45, 2.75) is 52.0 Å². The molecule has 1 rings (SSSR count). The number of hydrogen-bond acceptors (Lipinski definition) is 3. The number of rotatable bonds is 6. The molecule has 0 saturated carbocycles. The summed E-state index contributed by atoms with van der Waals surface area (Å²) in [4.78, 5) is 14.1. The van der Waals surface area contributed by atoms with E-state index in [1.165, 1.54) is 0 Å². The normalized spacial score (nSPS) is 22.3. The lowest BCUT2D eigenvalue weighted by Gasteiger charge is -2.35. The van der Waals surface area contributed by atoms with Crippen molar-refractivity contribution in [1.29, 1.82) is 0 Å². The van der Waals surface area contributed by atoms with Crippen LogP contribution in [0.2, 0.25) is 0 Å². The number of hydrogen-bond donors (Lipinski definition) is 2. The third-order valence-corrected chi connectivity index (χ3v) is 3.76.